The second-order valence-electron chi connectivity index (χ2n) is 6.92. The summed E-state index contributed by atoms with van der Waals surface area (Å²) in [5.74, 6) is -1.04. The molecule has 0 radical (unpaired) electrons. The lowest BCUT2D eigenvalue weighted by molar-refractivity contribution is -0.143. The molecule has 2 aromatic carbocycles. The van der Waals surface area contributed by atoms with Gasteiger partial charge in [-0.2, -0.15) is 0 Å². The molecule has 1 saturated carbocycles. The predicted octanol–water partition coefficient (Wildman–Crippen LogP) is 4.64. The topological polar surface area (TPSA) is 63.1 Å². The first-order valence-electron chi connectivity index (χ1n) is 8.94. The Kier molecular flexibility index (Phi) is 4.22. The van der Waals surface area contributed by atoms with Crippen LogP contribution in [0.15, 0.2) is 67.0 Å². The number of rotatable bonds is 5. The lowest BCUT2D eigenvalue weighted by Gasteiger charge is -2.10. The van der Waals surface area contributed by atoms with E-state index in [9.17, 15) is 14.3 Å². The maximum atomic E-state index is 13.1. The highest BCUT2D eigenvalue weighted by Gasteiger charge is 2.69. The van der Waals surface area contributed by atoms with Gasteiger partial charge < -0.3 is 5.11 Å². The van der Waals surface area contributed by atoms with Crippen molar-refractivity contribution in [2.24, 2.45) is 5.41 Å². The van der Waals surface area contributed by atoms with Gasteiger partial charge in [0.05, 0.1) is 17.8 Å². The van der Waals surface area contributed by atoms with Gasteiger partial charge in [-0.1, -0.05) is 55.5 Å². The number of hydrogen-bond acceptors (Lipinski definition) is 3. The molecule has 0 spiro atoms. The molecule has 4 nitrogen and oxygen atoms in total. The summed E-state index contributed by atoms with van der Waals surface area (Å²) in [5, 5.41) is 10.0. The van der Waals surface area contributed by atoms with E-state index in [1.54, 1.807) is 0 Å². The van der Waals surface area contributed by atoms with Gasteiger partial charge in [-0.3, -0.25) is 4.79 Å². The number of hydrogen-bond donors (Lipinski definition) is 1. The smallest absolute Gasteiger partial charge is 0.310 e. The van der Waals surface area contributed by atoms with Crippen LogP contribution in [0.2, 0.25) is 0 Å². The summed E-state index contributed by atoms with van der Waals surface area (Å²) in [6.07, 6.45) is 2.81. The van der Waals surface area contributed by atoms with Gasteiger partial charge >= 0.3 is 5.97 Å². The van der Waals surface area contributed by atoms with E-state index in [2.05, 4.69) is 9.97 Å². The van der Waals surface area contributed by atoms with Crippen LogP contribution in [-0.2, 0) is 4.79 Å². The van der Waals surface area contributed by atoms with Crippen LogP contribution in [-0.4, -0.2) is 21.0 Å². The number of benzene rings is 2. The molecule has 3 aromatic rings. The number of carboxylic acid groups (broad SMARTS) is 1. The summed E-state index contributed by atoms with van der Waals surface area (Å²) >= 11 is 0. The average molecular weight is 362 g/mol. The Bertz CT molecular complexity index is 975. The van der Waals surface area contributed by atoms with Crippen LogP contribution >= 0.6 is 0 Å². The number of aromatic nitrogens is 2. The molecule has 0 saturated heterocycles. The quantitative estimate of drug-likeness (QED) is 0.718. The lowest BCUT2D eigenvalue weighted by atomic mass is 9.94. The maximum absolute atomic E-state index is 13.1. The standard InChI is InChI=1S/C22H19FN2O2/c1-2-22(21(26)27)18(14-7-4-3-5-8-14)19(22)15-9-6-10-16(11-15)20-24-12-17(23)13-25-20/h3-13,18-19H,2H2,1H3,(H,26,27). The first-order valence-corrected chi connectivity index (χ1v) is 8.94. The van der Waals surface area contributed by atoms with E-state index in [0.29, 0.717) is 12.2 Å². The van der Waals surface area contributed by atoms with Crippen molar-refractivity contribution in [1.82, 2.24) is 9.97 Å². The monoisotopic (exact) mass is 362 g/mol. The van der Waals surface area contributed by atoms with Crippen molar-refractivity contribution in [1.29, 1.82) is 0 Å². The minimum absolute atomic E-state index is 0.0782. The fraction of sp³-hybridized carbons (Fsp3) is 0.227. The molecule has 1 aromatic heterocycles. The Hall–Kier alpha value is -3.08. The molecule has 136 valence electrons. The van der Waals surface area contributed by atoms with Crippen LogP contribution in [0.3, 0.4) is 0 Å². The Labute approximate surface area is 156 Å². The molecule has 4 rings (SSSR count). The van der Waals surface area contributed by atoms with Gasteiger partial charge in [0.1, 0.15) is 0 Å². The van der Waals surface area contributed by atoms with Crippen molar-refractivity contribution in [3.05, 3.63) is 83.9 Å². The normalized spacial score (nSPS) is 23.8. The highest BCUT2D eigenvalue weighted by Crippen LogP contribution is 2.72. The Balaban J connectivity index is 1.76. The van der Waals surface area contributed by atoms with Crippen molar-refractivity contribution in [3.63, 3.8) is 0 Å². The molecular weight excluding hydrogens is 343 g/mol. The Morgan fingerprint density at radius 1 is 1.04 bits per heavy atom. The van der Waals surface area contributed by atoms with Crippen molar-refractivity contribution >= 4 is 5.97 Å². The zero-order valence-corrected chi connectivity index (χ0v) is 14.8. The molecule has 0 amide bonds. The summed E-state index contributed by atoms with van der Waals surface area (Å²) in [5.41, 5.74) is 1.92. The second kappa shape index (κ2) is 6.58. The molecule has 3 atom stereocenters. The van der Waals surface area contributed by atoms with Crippen molar-refractivity contribution < 1.29 is 14.3 Å². The summed E-state index contributed by atoms with van der Waals surface area (Å²) in [7, 11) is 0. The second-order valence-corrected chi connectivity index (χ2v) is 6.92. The van der Waals surface area contributed by atoms with Crippen molar-refractivity contribution in [3.8, 4) is 11.4 Å². The zero-order valence-electron chi connectivity index (χ0n) is 14.8. The van der Waals surface area contributed by atoms with Crippen LogP contribution in [0, 0.1) is 11.2 Å². The molecule has 1 aliphatic carbocycles. The van der Waals surface area contributed by atoms with Crippen molar-refractivity contribution in [2.45, 2.75) is 25.2 Å². The SMILES string of the molecule is CCC1(C(=O)O)C(c2ccccc2)C1c1cccc(-c2ncc(F)cn2)c1. The van der Waals surface area contributed by atoms with Gasteiger partial charge in [-0.15, -0.1) is 0 Å². The minimum atomic E-state index is -0.816. The molecule has 3 unspecified atom stereocenters. The summed E-state index contributed by atoms with van der Waals surface area (Å²) in [6, 6.07) is 17.4. The molecule has 0 aliphatic heterocycles. The predicted molar refractivity (Wildman–Crippen MR) is 99.7 cm³/mol. The molecule has 5 heteroatoms. The highest BCUT2D eigenvalue weighted by molar-refractivity contribution is 5.84. The van der Waals surface area contributed by atoms with Crippen LogP contribution in [0.5, 0.6) is 0 Å². The van der Waals surface area contributed by atoms with E-state index < -0.39 is 17.2 Å². The Morgan fingerprint density at radius 2 is 1.67 bits per heavy atom. The number of carbonyl (C=O) groups is 1. The first-order chi connectivity index (χ1) is 13.1. The van der Waals surface area contributed by atoms with E-state index in [4.69, 9.17) is 0 Å². The molecule has 27 heavy (non-hydrogen) atoms. The maximum Gasteiger partial charge on any atom is 0.310 e. The fourth-order valence-electron chi connectivity index (χ4n) is 4.27. The number of carboxylic acids is 1. The number of halogens is 1. The van der Waals surface area contributed by atoms with Gasteiger partial charge in [-0.05, 0) is 23.6 Å². The van der Waals surface area contributed by atoms with Crippen LogP contribution < -0.4 is 0 Å². The molecule has 1 fully saturated rings. The van der Waals surface area contributed by atoms with E-state index >= 15 is 0 Å². The van der Waals surface area contributed by atoms with Gasteiger partial charge in [0, 0.05) is 17.4 Å². The summed E-state index contributed by atoms with van der Waals surface area (Å²) in [6.45, 7) is 1.93. The van der Waals surface area contributed by atoms with Gasteiger partial charge in [0.25, 0.3) is 0 Å². The van der Waals surface area contributed by atoms with Gasteiger partial charge in [0.15, 0.2) is 11.6 Å². The third kappa shape index (κ3) is 2.79. The van der Waals surface area contributed by atoms with E-state index in [-0.39, 0.29) is 11.8 Å². The van der Waals surface area contributed by atoms with Crippen molar-refractivity contribution in [2.75, 3.05) is 0 Å². The fourth-order valence-corrected chi connectivity index (χ4v) is 4.27. The zero-order chi connectivity index (χ0) is 19.0. The third-order valence-corrected chi connectivity index (χ3v) is 5.60. The molecule has 1 heterocycles. The molecular formula is C22H19FN2O2. The Morgan fingerprint density at radius 3 is 2.30 bits per heavy atom. The van der Waals surface area contributed by atoms with E-state index in [1.807, 2.05) is 61.5 Å². The van der Waals surface area contributed by atoms with Gasteiger partial charge in [-0.25, -0.2) is 14.4 Å². The van der Waals surface area contributed by atoms with Crippen LogP contribution in [0.25, 0.3) is 11.4 Å². The third-order valence-electron chi connectivity index (χ3n) is 5.60. The van der Waals surface area contributed by atoms with E-state index in [0.717, 1.165) is 29.1 Å². The largest absolute Gasteiger partial charge is 0.481 e. The van der Waals surface area contributed by atoms with Crippen LogP contribution in [0.1, 0.15) is 36.3 Å². The number of nitrogens with zero attached hydrogens (tertiary/aromatic N) is 2. The molecule has 1 aliphatic rings. The van der Waals surface area contributed by atoms with Gasteiger partial charge in [0.2, 0.25) is 0 Å². The summed E-state index contributed by atoms with van der Waals surface area (Å²) in [4.78, 5) is 20.3. The molecule has 1 N–H and O–H groups in total. The summed E-state index contributed by atoms with van der Waals surface area (Å²) < 4.78 is 13.1. The number of aliphatic carboxylic acids is 1. The van der Waals surface area contributed by atoms with E-state index in [1.165, 1.54) is 0 Å². The molecule has 0 bridgehead atoms. The first kappa shape index (κ1) is 17.3. The van der Waals surface area contributed by atoms with Crippen LogP contribution in [0.4, 0.5) is 4.39 Å². The highest BCUT2D eigenvalue weighted by atomic mass is 19.1. The minimum Gasteiger partial charge on any atom is -0.481 e. The average Bonchev–Trinajstić information content (AvgIpc) is 3.40. The lowest BCUT2D eigenvalue weighted by Crippen LogP contribution is -2.17.